The van der Waals surface area contributed by atoms with Crippen LogP contribution in [-0.2, 0) is 8.85 Å². The molecule has 0 aromatic carbocycles. The van der Waals surface area contributed by atoms with Crippen LogP contribution in [0.15, 0.2) is 10.6 Å². The van der Waals surface area contributed by atoms with Crippen molar-refractivity contribution in [3.8, 4) is 21.7 Å². The van der Waals surface area contributed by atoms with Crippen LogP contribution in [0.1, 0.15) is 140 Å². The Morgan fingerprint density at radius 1 is 0.875 bits per heavy atom. The topological polar surface area (TPSA) is 38.7 Å². The van der Waals surface area contributed by atoms with Gasteiger partial charge >= 0.3 is 258 Å². The van der Waals surface area contributed by atoms with Gasteiger partial charge in [0.05, 0.1) is 0 Å². The van der Waals surface area contributed by atoms with Crippen LogP contribution in [0.3, 0.4) is 0 Å². The van der Waals surface area contributed by atoms with E-state index in [0.717, 1.165) is 42.1 Å². The average Bonchev–Trinajstić information content (AvgIpc) is 3.37. The van der Waals surface area contributed by atoms with E-state index in [0.29, 0.717) is 18.8 Å². The van der Waals surface area contributed by atoms with Crippen LogP contribution in [0.5, 0.6) is 0 Å². The van der Waals surface area contributed by atoms with E-state index in [4.69, 9.17) is 8.85 Å². The zero-order chi connectivity index (χ0) is 36.3. The molecule has 0 spiro atoms. The summed E-state index contributed by atoms with van der Waals surface area (Å²) in [5.74, 6) is 11.3. The predicted molar refractivity (Wildman–Crippen MR) is 223 cm³/mol. The fourth-order valence-electron chi connectivity index (χ4n) is 7.44. The van der Waals surface area contributed by atoms with Crippen molar-refractivity contribution in [3.05, 3.63) is 10.6 Å². The molecule has 1 N–H and O–H groups in total. The summed E-state index contributed by atoms with van der Waals surface area (Å²) in [6, 6.07) is 6.84. The van der Waals surface area contributed by atoms with Gasteiger partial charge in [-0.2, -0.15) is 0 Å². The molecule has 3 nitrogen and oxygen atoms in total. The van der Waals surface area contributed by atoms with E-state index >= 15 is 0 Å². The van der Waals surface area contributed by atoms with Gasteiger partial charge in [-0.15, -0.1) is 0 Å². The fraction of sp³-hybridized carbons (Fsp3) is 0.854. The molecular weight excluding hydrogens is 795 g/mol. The number of hydrogen-bond donors (Lipinski definition) is 1. The molecule has 1 aliphatic rings. The molecule has 0 bridgehead atoms. The Labute approximate surface area is 314 Å². The van der Waals surface area contributed by atoms with Crippen LogP contribution < -0.4 is 0 Å². The van der Waals surface area contributed by atoms with Gasteiger partial charge in [-0.05, 0) is 18.1 Å². The van der Waals surface area contributed by atoms with E-state index in [-0.39, 0.29) is 11.5 Å². The third-order valence-electron chi connectivity index (χ3n) is 11.6. The molecule has 1 aliphatic carbocycles. The first-order valence-electron chi connectivity index (χ1n) is 20.2. The summed E-state index contributed by atoms with van der Waals surface area (Å²) in [6.07, 6.45) is 12.8. The molecule has 1 rings (SSSR count). The summed E-state index contributed by atoms with van der Waals surface area (Å²) in [6.45, 7) is 26.2. The molecule has 48 heavy (non-hydrogen) atoms. The molecule has 0 aliphatic heterocycles. The van der Waals surface area contributed by atoms with Crippen LogP contribution in [0, 0.1) is 33.0 Å². The first kappa shape index (κ1) is 46.5. The van der Waals surface area contributed by atoms with Crippen molar-refractivity contribution in [2.24, 2.45) is 11.3 Å². The number of unbranched alkanes of at least 4 members (excludes halogenated alkanes) is 3. The number of halogens is 1. The van der Waals surface area contributed by atoms with Crippen LogP contribution >= 0.6 is 15.9 Å². The van der Waals surface area contributed by atoms with Crippen LogP contribution in [0.4, 0.5) is 0 Å². The molecule has 0 heterocycles. The van der Waals surface area contributed by atoms with Crippen LogP contribution in [-0.4, -0.2) is 58.4 Å². The maximum absolute atomic E-state index is 11.7. The number of hydrogen-bond acceptors (Lipinski definition) is 3. The summed E-state index contributed by atoms with van der Waals surface area (Å²) >= 11 is 1.16. The molecule has 7 heteroatoms. The normalized spacial score (nSPS) is 19.4. The summed E-state index contributed by atoms with van der Waals surface area (Å²) in [5.41, 5.74) is -1.10. The minimum absolute atomic E-state index is 0.153. The fourth-order valence-corrected chi connectivity index (χ4v) is 27.3. The van der Waals surface area contributed by atoms with E-state index in [1.165, 1.54) is 70.0 Å². The standard InChI is InChI=1S/C29H50BrO3Si2.3C4H9.Sn/c1-10-28(8,9)24-26(33-35(14-5,15-6)16-7)18-17-20-29(31)23-25(22-27(29)30)19-21-32-34(11-2,12-3)13-4;3*1-3-4-2;/h22,25-26,31H,11-16,19-21,23-24H2,2-9H3;3*1,3-4H2,2H3;. The number of rotatable bonds is 24. The van der Waals surface area contributed by atoms with Crippen molar-refractivity contribution in [2.45, 2.75) is 202 Å². The van der Waals surface area contributed by atoms with Crippen molar-refractivity contribution in [3.63, 3.8) is 0 Å². The molecule has 3 atom stereocenters. The summed E-state index contributed by atoms with van der Waals surface area (Å²) in [5, 5.41) is 11.7. The van der Waals surface area contributed by atoms with Crippen molar-refractivity contribution in [1.29, 1.82) is 0 Å². The van der Waals surface area contributed by atoms with Gasteiger partial charge < -0.3 is 4.43 Å². The second-order valence-electron chi connectivity index (χ2n) is 15.7. The van der Waals surface area contributed by atoms with Gasteiger partial charge in [-0.25, -0.2) is 0 Å². The number of allylic oxidation sites excluding steroid dienone is 1. The van der Waals surface area contributed by atoms with Crippen LogP contribution in [0.25, 0.3) is 0 Å². The summed E-state index contributed by atoms with van der Waals surface area (Å²) in [4.78, 5) is 0. The van der Waals surface area contributed by atoms with Gasteiger partial charge in [-0.1, -0.05) is 20.8 Å². The van der Waals surface area contributed by atoms with Crippen molar-refractivity contribution < 1.29 is 14.0 Å². The zero-order valence-electron chi connectivity index (χ0n) is 33.5. The van der Waals surface area contributed by atoms with Crippen molar-refractivity contribution in [2.75, 3.05) is 6.61 Å². The van der Waals surface area contributed by atoms with Gasteiger partial charge in [0.1, 0.15) is 0 Å². The van der Waals surface area contributed by atoms with Gasteiger partial charge in [-0.3, -0.25) is 0 Å². The van der Waals surface area contributed by atoms with Gasteiger partial charge in [0, 0.05) is 6.61 Å². The molecule has 0 aromatic rings. The summed E-state index contributed by atoms with van der Waals surface area (Å²) in [7, 11) is -3.48. The quantitative estimate of drug-likeness (QED) is 0.0776. The molecule has 0 fully saturated rings. The number of aliphatic hydroxyl groups is 1. The maximum atomic E-state index is 11.7. The van der Waals surface area contributed by atoms with Crippen LogP contribution in [0.2, 0.25) is 49.6 Å². The minimum atomic E-state index is -2.57. The summed E-state index contributed by atoms with van der Waals surface area (Å²) < 4.78 is 22.9. The molecule has 0 radical (unpaired) electrons. The molecule has 0 saturated heterocycles. The molecular formula is C41H77BrO3Si2Sn. The Morgan fingerprint density at radius 3 is 1.83 bits per heavy atom. The van der Waals surface area contributed by atoms with E-state index in [1.54, 1.807) is 0 Å². The first-order chi connectivity index (χ1) is 22.7. The Hall–Kier alpha value is 0.452. The molecule has 0 aromatic heterocycles. The SMILES string of the molecule is CCC[CH2][Sn]([C]#CC(C)(C)CC(C#CCC1(O)CC(CCO[Si](CC)(CC)CC)C=C1Br)O[Si](CC)(CC)CC)([CH2]CCC)[CH2]CCC. The second kappa shape index (κ2) is 23.2. The predicted octanol–water partition coefficient (Wildman–Crippen LogP) is 13.0. The zero-order valence-corrected chi connectivity index (χ0v) is 40.0. The Kier molecular flexibility index (Phi) is 22.4. The Balaban J connectivity index is 3.24. The molecule has 278 valence electrons. The third kappa shape index (κ3) is 15.2. The van der Waals surface area contributed by atoms with Crippen molar-refractivity contribution >= 4 is 50.9 Å². The molecule has 3 unspecified atom stereocenters. The van der Waals surface area contributed by atoms with Gasteiger partial charge in [0.15, 0.2) is 8.32 Å². The average molecular weight is 873 g/mol. The van der Waals surface area contributed by atoms with Crippen molar-refractivity contribution in [1.82, 2.24) is 0 Å². The van der Waals surface area contributed by atoms with E-state index < -0.39 is 40.6 Å². The Morgan fingerprint density at radius 2 is 1.38 bits per heavy atom. The second-order valence-corrected chi connectivity index (χ2v) is 38.3. The van der Waals surface area contributed by atoms with E-state index in [9.17, 15) is 5.11 Å². The monoisotopic (exact) mass is 872 g/mol. The first-order valence-corrected chi connectivity index (χ1v) is 33.5. The van der Waals surface area contributed by atoms with E-state index in [1.807, 2.05) is 0 Å². The molecule has 0 saturated carbocycles. The Bertz CT molecular complexity index is 1020. The van der Waals surface area contributed by atoms with Gasteiger partial charge in [0.2, 0.25) is 0 Å². The van der Waals surface area contributed by atoms with Gasteiger partial charge in [0.25, 0.3) is 0 Å². The molecule has 0 amide bonds. The van der Waals surface area contributed by atoms with E-state index in [2.05, 4.69) is 120 Å². The third-order valence-corrected chi connectivity index (χ3v) is 35.0.